The zero-order valence-electron chi connectivity index (χ0n) is 39.2. The van der Waals surface area contributed by atoms with Gasteiger partial charge in [0.1, 0.15) is 10.6 Å². The van der Waals surface area contributed by atoms with Crippen molar-refractivity contribution in [1.29, 1.82) is 0 Å². The van der Waals surface area contributed by atoms with E-state index in [0.29, 0.717) is 33.3 Å². The van der Waals surface area contributed by atoms with E-state index in [9.17, 15) is 8.78 Å². The molecule has 12 rings (SSSR count). The molecule has 4 aromatic heterocycles. The third kappa shape index (κ3) is 7.70. The van der Waals surface area contributed by atoms with E-state index in [1.165, 1.54) is 37.9 Å². The number of hydrogen-bond acceptors (Lipinski definition) is 5. The van der Waals surface area contributed by atoms with Crippen LogP contribution in [0.1, 0.15) is 27.0 Å². The van der Waals surface area contributed by atoms with Crippen LogP contribution in [0.25, 0.3) is 79.1 Å². The molecule has 0 bridgehead atoms. The summed E-state index contributed by atoms with van der Waals surface area (Å²) in [6.45, 7) is -0.0234. The van der Waals surface area contributed by atoms with Crippen LogP contribution in [-0.2, 0) is 20.1 Å². The molecule has 4 nitrogen and oxygen atoms in total. The van der Waals surface area contributed by atoms with Crippen LogP contribution in [0.3, 0.4) is 0 Å². The van der Waals surface area contributed by atoms with Crippen molar-refractivity contribution in [2.24, 2.45) is 0 Å². The van der Waals surface area contributed by atoms with Crippen LogP contribution in [-0.4, -0.2) is 23.2 Å². The summed E-state index contributed by atoms with van der Waals surface area (Å²) >= 11 is 1.06. The molecule has 11 aromatic rings. The summed E-state index contributed by atoms with van der Waals surface area (Å²) in [6, 6.07) is 52.8. The Morgan fingerprint density at radius 1 is 0.727 bits per heavy atom. The molecule has 66 heavy (non-hydrogen) atoms. The topological polar surface area (TPSA) is 43.1 Å². The molecule has 324 valence electrons. The number of fused-ring (bicyclic) bond motifs is 8. The fourth-order valence-corrected chi connectivity index (χ4v) is 14.2. The Labute approximate surface area is 410 Å². The van der Waals surface area contributed by atoms with Crippen LogP contribution < -0.4 is 9.30 Å². The molecule has 0 spiro atoms. The van der Waals surface area contributed by atoms with Crippen LogP contribution in [0.5, 0.6) is 0 Å². The van der Waals surface area contributed by atoms with Gasteiger partial charge >= 0.3 is 170 Å². The van der Waals surface area contributed by atoms with Gasteiger partial charge in [-0.25, -0.2) is 9.37 Å². The number of benzene rings is 7. The van der Waals surface area contributed by atoms with Gasteiger partial charge in [-0.05, 0) is 60.4 Å². The molecule has 1 aliphatic heterocycles. The van der Waals surface area contributed by atoms with Gasteiger partial charge in [-0.2, -0.15) is 29.5 Å². The van der Waals surface area contributed by atoms with Crippen molar-refractivity contribution >= 4 is 109 Å². The monoisotopic (exact) mass is 1140 g/mol. The number of aryl methyl sites for hydroxylation is 2. The molecule has 1 unspecified atom stereocenters. The predicted octanol–water partition coefficient (Wildman–Crippen LogP) is 16.3. The molecule has 0 aliphatic carbocycles. The van der Waals surface area contributed by atoms with Crippen molar-refractivity contribution < 1.29 is 33.0 Å². The second-order valence-electron chi connectivity index (χ2n) is 17.3. The average Bonchev–Trinajstić information content (AvgIpc) is 4.03. The van der Waals surface area contributed by atoms with Crippen LogP contribution >= 0.6 is 22.7 Å². The predicted molar refractivity (Wildman–Crippen MR) is 273 cm³/mol. The van der Waals surface area contributed by atoms with E-state index in [1.807, 2.05) is 65.9 Å². The third-order valence-corrected chi connectivity index (χ3v) is 18.7. The number of halogens is 2. The van der Waals surface area contributed by atoms with Gasteiger partial charge in [0, 0.05) is 26.5 Å². The number of para-hydroxylation sites is 2. The van der Waals surface area contributed by atoms with Gasteiger partial charge in [0.25, 0.3) is 0 Å². The van der Waals surface area contributed by atoms with E-state index < -0.39 is 20.1 Å². The Balaban J connectivity index is 0.000000173. The van der Waals surface area contributed by atoms with E-state index in [-0.39, 0.29) is 37.9 Å². The van der Waals surface area contributed by atoms with E-state index in [0.717, 1.165) is 52.9 Å². The Morgan fingerprint density at radius 3 is 2.36 bits per heavy atom. The molecule has 5 heterocycles. The van der Waals surface area contributed by atoms with Crippen molar-refractivity contribution in [2.75, 3.05) is 4.90 Å². The Bertz CT molecular complexity index is 3780. The SMILES string of the molecule is Cc1ccc(N2c3ccccc3[N-]C2c2[c-]ccc3c2sc2nc4cccc(F)c4cc23)c2sc3ccccc3c12.[2H]C([2H])([2H])c1cc(-c2[c-]cc(F)c(-c3ccccc3)c2)nc[c]1[Ge]([CH3])([CH3])[CH3].[Ir+3]. The number of hydrogen-bond donors (Lipinski definition) is 0. The first-order chi connectivity index (χ1) is 32.7. The summed E-state index contributed by atoms with van der Waals surface area (Å²) < 4.78 is 57.3. The van der Waals surface area contributed by atoms with Crippen molar-refractivity contribution in [3.05, 3.63) is 198 Å². The average molecular weight is 1140 g/mol. The molecular formula is C56H41F2GeIrN4S2. The van der Waals surface area contributed by atoms with Crippen LogP contribution in [0.2, 0.25) is 17.3 Å². The summed E-state index contributed by atoms with van der Waals surface area (Å²) in [4.78, 5) is 12.6. The molecule has 0 fully saturated rings. The molecule has 0 saturated heterocycles. The van der Waals surface area contributed by atoms with Crippen molar-refractivity contribution in [1.82, 2.24) is 9.97 Å². The summed E-state index contributed by atoms with van der Waals surface area (Å²) in [5, 5.41) is 10.4. The maximum Gasteiger partial charge on any atom is 3.00 e. The fourth-order valence-electron chi connectivity index (χ4n) is 8.91. The Morgan fingerprint density at radius 2 is 1.53 bits per heavy atom. The van der Waals surface area contributed by atoms with Crippen LogP contribution in [0, 0.1) is 37.5 Å². The second-order valence-corrected chi connectivity index (χ2v) is 29.9. The number of pyridine rings is 2. The standard InChI is InChI=1S/C35H20FN3S2.C21H21FGeN.Ir/c1-19-16-17-29(33-31(19)21-8-2-5-15-30(21)40-33)39-28-14-4-3-12-27(28)37-34(39)22-10-6-9-20-23-18-24-25(36)11-7-13-26(24)38-35(23)41-32(20)22;1-15-12-21(24-14-20(15)23(2,3)4)17-10-11-19(22)18(13-17)16-8-6-5-7-9-16;/h2-9,11-18,34H,1H3;5-9,11-14H,1-4H3;/q-2;-1;+3/i;1D3;. The number of nitrogens with zero attached hydrogens (tertiary/aromatic N) is 4. The Hall–Kier alpha value is -5.81. The van der Waals surface area contributed by atoms with Crippen molar-refractivity contribution in [3.63, 3.8) is 0 Å². The van der Waals surface area contributed by atoms with Crippen molar-refractivity contribution in [2.45, 2.75) is 37.2 Å². The summed E-state index contributed by atoms with van der Waals surface area (Å²) in [5.41, 5.74) is 8.74. The molecule has 7 aromatic carbocycles. The summed E-state index contributed by atoms with van der Waals surface area (Å²) in [7, 11) is 0. The maximum absolute atomic E-state index is 14.7. The first-order valence-corrected chi connectivity index (χ1v) is 30.3. The van der Waals surface area contributed by atoms with E-state index in [1.54, 1.807) is 35.7 Å². The van der Waals surface area contributed by atoms with Gasteiger partial charge in [-0.15, -0.1) is 28.0 Å². The minimum Gasteiger partial charge on any atom is 3.00 e. The van der Waals surface area contributed by atoms with Gasteiger partial charge in [0.2, 0.25) is 0 Å². The van der Waals surface area contributed by atoms with Gasteiger partial charge in [-0.3, -0.25) is 0 Å². The zero-order chi connectivity index (χ0) is 47.1. The van der Waals surface area contributed by atoms with E-state index >= 15 is 0 Å². The normalized spacial score (nSPS) is 14.4. The molecule has 0 amide bonds. The van der Waals surface area contributed by atoms with Gasteiger partial charge in [0.15, 0.2) is 0 Å². The molecule has 0 saturated carbocycles. The van der Waals surface area contributed by atoms with Gasteiger partial charge in [-0.1, -0.05) is 53.2 Å². The molecule has 1 aliphatic rings. The van der Waals surface area contributed by atoms with E-state index in [2.05, 4.69) is 107 Å². The minimum atomic E-state index is -2.41. The summed E-state index contributed by atoms with van der Waals surface area (Å²) in [5.74, 6) is 5.80. The minimum absolute atomic E-state index is 0. The fraction of sp³-hybridized carbons (Fsp3) is 0.107. The zero-order valence-corrected chi connectivity index (χ0v) is 42.3. The molecule has 1 atom stereocenters. The van der Waals surface area contributed by atoms with E-state index in [4.69, 9.17) is 14.4 Å². The Kier molecular flexibility index (Phi) is 10.7. The maximum atomic E-state index is 14.7. The number of thiophene rings is 2. The largest absolute Gasteiger partial charge is 3.00 e. The number of aromatic nitrogens is 2. The third-order valence-electron chi connectivity index (χ3n) is 12.1. The number of anilines is 2. The smallest absolute Gasteiger partial charge is 3.00 e. The molecule has 0 N–H and O–H groups in total. The van der Waals surface area contributed by atoms with Gasteiger partial charge in [0.05, 0.1) is 15.9 Å². The second kappa shape index (κ2) is 17.4. The molecule has 0 radical (unpaired) electrons. The molecular weight excluding hydrogens is 1100 g/mol. The first-order valence-electron chi connectivity index (χ1n) is 22.8. The van der Waals surface area contributed by atoms with Crippen LogP contribution in [0.15, 0.2) is 152 Å². The number of rotatable bonds is 5. The molecule has 10 heteroatoms. The van der Waals surface area contributed by atoms with Gasteiger partial charge < -0.3 is 10.2 Å². The van der Waals surface area contributed by atoms with Crippen LogP contribution in [0.4, 0.5) is 25.8 Å². The quantitative estimate of drug-likeness (QED) is 0.127. The first kappa shape index (κ1) is 40.5. The summed E-state index contributed by atoms with van der Waals surface area (Å²) in [6.07, 6.45) is 1.39. The van der Waals surface area contributed by atoms with Crippen molar-refractivity contribution in [3.8, 4) is 22.4 Å².